The molecule has 148 valence electrons. The number of aliphatic imine (C=N–C) groups is 1. The van der Waals surface area contributed by atoms with Gasteiger partial charge in [-0.3, -0.25) is 4.99 Å². The van der Waals surface area contributed by atoms with E-state index < -0.39 is 0 Å². The molecule has 1 heterocycles. The first kappa shape index (κ1) is 21.4. The lowest BCUT2D eigenvalue weighted by molar-refractivity contribution is 0.298. The molecule has 0 aliphatic carbocycles. The summed E-state index contributed by atoms with van der Waals surface area (Å²) in [6.07, 6.45) is 4.97. The number of rotatable bonds is 10. The van der Waals surface area contributed by atoms with Crippen molar-refractivity contribution in [3.05, 3.63) is 52.0 Å². The van der Waals surface area contributed by atoms with E-state index in [4.69, 9.17) is 4.99 Å². The summed E-state index contributed by atoms with van der Waals surface area (Å²) in [5.74, 6) is 0.879. The van der Waals surface area contributed by atoms with Crippen LogP contribution in [0.5, 0.6) is 0 Å². The minimum absolute atomic E-state index is 0.369. The molecule has 1 unspecified atom stereocenters. The van der Waals surface area contributed by atoms with E-state index in [9.17, 15) is 0 Å². The molecule has 0 radical (unpaired) electrons. The highest BCUT2D eigenvalue weighted by Crippen LogP contribution is 2.13. The molecule has 0 amide bonds. The molecule has 0 aliphatic heterocycles. The largest absolute Gasteiger partial charge is 0.357 e. The van der Waals surface area contributed by atoms with Gasteiger partial charge in [0.25, 0.3) is 0 Å². The van der Waals surface area contributed by atoms with Crippen LogP contribution in [0.1, 0.15) is 29.3 Å². The summed E-state index contributed by atoms with van der Waals surface area (Å²) >= 11 is 1.80. The van der Waals surface area contributed by atoms with Crippen LogP contribution in [0.4, 0.5) is 0 Å². The zero-order valence-corrected chi connectivity index (χ0v) is 17.9. The van der Waals surface area contributed by atoms with Crippen molar-refractivity contribution in [1.29, 1.82) is 0 Å². The number of aryl methyl sites for hydroxylation is 1. The Hall–Kier alpha value is -1.92. The van der Waals surface area contributed by atoms with Crippen molar-refractivity contribution >= 4 is 17.3 Å². The predicted molar refractivity (Wildman–Crippen MR) is 117 cm³/mol. The van der Waals surface area contributed by atoms with Crippen molar-refractivity contribution in [2.24, 2.45) is 4.99 Å². The van der Waals surface area contributed by atoms with Crippen LogP contribution in [0.2, 0.25) is 0 Å². The van der Waals surface area contributed by atoms with Crippen LogP contribution in [0.15, 0.2) is 41.5 Å². The Balaban J connectivity index is 1.89. The second kappa shape index (κ2) is 11.7. The lowest BCUT2D eigenvalue weighted by Gasteiger charge is -2.23. The molecular weight excluding hydrogens is 354 g/mol. The second-order valence-corrected chi connectivity index (χ2v) is 7.98. The van der Waals surface area contributed by atoms with Gasteiger partial charge in [-0.1, -0.05) is 37.3 Å². The first-order valence-corrected chi connectivity index (χ1v) is 10.6. The second-order valence-electron chi connectivity index (χ2n) is 6.78. The zero-order chi connectivity index (χ0) is 19.5. The fourth-order valence-corrected chi connectivity index (χ4v) is 3.61. The molecule has 6 heteroatoms. The van der Waals surface area contributed by atoms with E-state index in [0.29, 0.717) is 6.04 Å². The van der Waals surface area contributed by atoms with Gasteiger partial charge >= 0.3 is 0 Å². The highest BCUT2D eigenvalue weighted by molar-refractivity contribution is 7.11. The van der Waals surface area contributed by atoms with Gasteiger partial charge in [0.15, 0.2) is 5.96 Å². The Morgan fingerprint density at radius 3 is 2.59 bits per heavy atom. The molecule has 0 spiro atoms. The first-order chi connectivity index (χ1) is 13.1. The number of hydrogen-bond acceptors (Lipinski definition) is 4. The third kappa shape index (κ3) is 7.69. The molecular formula is C21H33N5S. The topological polar surface area (TPSA) is 52.6 Å². The van der Waals surface area contributed by atoms with Crippen molar-refractivity contribution in [2.75, 3.05) is 33.7 Å². The number of benzene rings is 1. The maximum atomic E-state index is 4.82. The summed E-state index contributed by atoms with van der Waals surface area (Å²) in [6, 6.07) is 11.0. The standard InChI is InChI=1S/C21H33N5S/c1-5-19-16-24-20(27-19)12-13-23-21(22-6-2)25-15-18(26(3)4)14-17-10-8-7-9-11-17/h7-11,16,18H,5-6,12-15H2,1-4H3,(H2,22,23,25). The quantitative estimate of drug-likeness (QED) is 0.486. The van der Waals surface area contributed by atoms with Gasteiger partial charge in [-0.15, -0.1) is 11.3 Å². The highest BCUT2D eigenvalue weighted by Gasteiger charge is 2.12. The molecule has 0 bridgehead atoms. The minimum Gasteiger partial charge on any atom is -0.357 e. The molecule has 0 saturated heterocycles. The van der Waals surface area contributed by atoms with Crippen LogP contribution < -0.4 is 10.6 Å². The van der Waals surface area contributed by atoms with Crippen molar-refractivity contribution in [1.82, 2.24) is 20.5 Å². The third-order valence-corrected chi connectivity index (χ3v) is 5.63. The summed E-state index contributed by atoms with van der Waals surface area (Å²) in [5.41, 5.74) is 1.35. The van der Waals surface area contributed by atoms with E-state index >= 15 is 0 Å². The fraction of sp³-hybridized carbons (Fsp3) is 0.524. The average Bonchev–Trinajstić information content (AvgIpc) is 3.13. The van der Waals surface area contributed by atoms with Crippen molar-refractivity contribution in [3.8, 4) is 0 Å². The van der Waals surface area contributed by atoms with Crippen LogP contribution in [-0.2, 0) is 19.3 Å². The van der Waals surface area contributed by atoms with Gasteiger partial charge in [0, 0.05) is 36.6 Å². The predicted octanol–water partition coefficient (Wildman–Crippen LogP) is 2.98. The summed E-state index contributed by atoms with van der Waals surface area (Å²) < 4.78 is 0. The van der Waals surface area contributed by atoms with Crippen LogP contribution in [-0.4, -0.2) is 55.6 Å². The molecule has 0 fully saturated rings. The number of guanidine groups is 1. The molecule has 5 nitrogen and oxygen atoms in total. The molecule has 1 aromatic heterocycles. The molecule has 1 atom stereocenters. The van der Waals surface area contributed by atoms with Gasteiger partial charge in [-0.25, -0.2) is 4.98 Å². The van der Waals surface area contributed by atoms with E-state index in [0.717, 1.165) is 44.9 Å². The number of thiazole rings is 1. The van der Waals surface area contributed by atoms with Crippen LogP contribution >= 0.6 is 11.3 Å². The maximum Gasteiger partial charge on any atom is 0.191 e. The minimum atomic E-state index is 0.369. The normalized spacial score (nSPS) is 13.0. The summed E-state index contributed by atoms with van der Waals surface area (Å²) in [7, 11) is 4.24. The number of hydrogen-bond donors (Lipinski definition) is 2. The van der Waals surface area contributed by atoms with E-state index in [1.165, 1.54) is 15.4 Å². The van der Waals surface area contributed by atoms with Crippen molar-refractivity contribution in [3.63, 3.8) is 0 Å². The van der Waals surface area contributed by atoms with Gasteiger partial charge in [-0.05, 0) is 39.4 Å². The Bertz CT molecular complexity index is 681. The van der Waals surface area contributed by atoms with Crippen molar-refractivity contribution < 1.29 is 0 Å². The van der Waals surface area contributed by atoms with E-state index in [-0.39, 0.29) is 0 Å². The van der Waals surface area contributed by atoms with Gasteiger partial charge in [0.1, 0.15) is 0 Å². The number of aromatic nitrogens is 1. The lowest BCUT2D eigenvalue weighted by atomic mass is 10.1. The Morgan fingerprint density at radius 1 is 1.19 bits per heavy atom. The first-order valence-electron chi connectivity index (χ1n) is 9.78. The molecule has 27 heavy (non-hydrogen) atoms. The summed E-state index contributed by atoms with van der Waals surface area (Å²) in [6.45, 7) is 6.72. The van der Waals surface area contributed by atoms with Crippen LogP contribution in [0.3, 0.4) is 0 Å². The third-order valence-electron chi connectivity index (χ3n) is 4.43. The Kier molecular flexibility index (Phi) is 9.28. The van der Waals surface area contributed by atoms with Gasteiger partial charge < -0.3 is 15.5 Å². The van der Waals surface area contributed by atoms with Gasteiger partial charge in [0.05, 0.1) is 11.6 Å². The van der Waals surface area contributed by atoms with Crippen LogP contribution in [0, 0.1) is 0 Å². The molecule has 2 aromatic rings. The average molecular weight is 388 g/mol. The van der Waals surface area contributed by atoms with E-state index in [2.05, 4.69) is 78.8 Å². The summed E-state index contributed by atoms with van der Waals surface area (Å²) in [5, 5.41) is 7.97. The van der Waals surface area contributed by atoms with Crippen molar-refractivity contribution in [2.45, 2.75) is 39.2 Å². The molecule has 2 rings (SSSR count). The zero-order valence-electron chi connectivity index (χ0n) is 17.0. The molecule has 0 aliphatic rings. The van der Waals surface area contributed by atoms with E-state index in [1.807, 2.05) is 6.20 Å². The SMILES string of the molecule is CCNC(=NCC(Cc1ccccc1)N(C)C)NCCc1ncc(CC)s1. The highest BCUT2D eigenvalue weighted by atomic mass is 32.1. The van der Waals surface area contributed by atoms with Gasteiger partial charge in [0.2, 0.25) is 0 Å². The Labute approximate surface area is 167 Å². The number of likely N-dealkylation sites (N-methyl/N-ethyl adjacent to an activating group) is 1. The molecule has 2 N–H and O–H groups in total. The number of nitrogens with zero attached hydrogens (tertiary/aromatic N) is 3. The Morgan fingerprint density at radius 2 is 1.96 bits per heavy atom. The smallest absolute Gasteiger partial charge is 0.191 e. The lowest BCUT2D eigenvalue weighted by Crippen LogP contribution is -2.40. The maximum absolute atomic E-state index is 4.82. The molecule has 1 aromatic carbocycles. The van der Waals surface area contributed by atoms with Gasteiger partial charge in [-0.2, -0.15) is 0 Å². The van der Waals surface area contributed by atoms with E-state index in [1.54, 1.807) is 11.3 Å². The van der Waals surface area contributed by atoms with Crippen LogP contribution in [0.25, 0.3) is 0 Å². The number of nitrogens with one attached hydrogen (secondary N) is 2. The fourth-order valence-electron chi connectivity index (χ4n) is 2.75. The monoisotopic (exact) mass is 387 g/mol. The molecule has 0 saturated carbocycles. The summed E-state index contributed by atoms with van der Waals surface area (Å²) in [4.78, 5) is 12.9.